The second-order valence-corrected chi connectivity index (χ2v) is 6.63. The Labute approximate surface area is 135 Å². The van der Waals surface area contributed by atoms with Crippen molar-refractivity contribution in [2.24, 2.45) is 0 Å². The largest absolute Gasteiger partial charge is 0.323 e. The highest BCUT2D eigenvalue weighted by atomic mass is 32.1. The number of carbonyl (C=O) groups excluding carboxylic acids is 1. The van der Waals surface area contributed by atoms with Crippen molar-refractivity contribution in [3.63, 3.8) is 0 Å². The SMILES string of the molecule is CCN(CC)CCn1cc(NC(=O)Cc2ccc(C)s2)cn1. The summed E-state index contributed by atoms with van der Waals surface area (Å²) in [6.07, 6.45) is 4.02. The first-order chi connectivity index (χ1) is 10.6. The average molecular weight is 320 g/mol. The van der Waals surface area contributed by atoms with E-state index in [9.17, 15) is 4.79 Å². The number of carbonyl (C=O) groups is 1. The number of nitrogens with one attached hydrogen (secondary N) is 1. The predicted molar refractivity (Wildman–Crippen MR) is 91.4 cm³/mol. The fourth-order valence-corrected chi connectivity index (χ4v) is 3.17. The van der Waals surface area contributed by atoms with E-state index in [1.807, 2.05) is 29.9 Å². The van der Waals surface area contributed by atoms with Gasteiger partial charge in [-0.3, -0.25) is 9.48 Å². The highest BCUT2D eigenvalue weighted by molar-refractivity contribution is 7.12. The van der Waals surface area contributed by atoms with Gasteiger partial charge in [-0.1, -0.05) is 13.8 Å². The summed E-state index contributed by atoms with van der Waals surface area (Å²) in [4.78, 5) is 16.7. The summed E-state index contributed by atoms with van der Waals surface area (Å²) >= 11 is 1.66. The summed E-state index contributed by atoms with van der Waals surface area (Å²) in [5, 5.41) is 7.21. The lowest BCUT2D eigenvalue weighted by atomic mass is 10.3. The Morgan fingerprint density at radius 1 is 1.36 bits per heavy atom. The molecule has 0 unspecified atom stereocenters. The number of aryl methyl sites for hydroxylation is 1. The van der Waals surface area contributed by atoms with Crippen LogP contribution in [0.3, 0.4) is 0 Å². The van der Waals surface area contributed by atoms with Crippen LogP contribution in [0.2, 0.25) is 0 Å². The summed E-state index contributed by atoms with van der Waals surface area (Å²) in [7, 11) is 0. The van der Waals surface area contributed by atoms with Crippen molar-refractivity contribution in [1.29, 1.82) is 0 Å². The van der Waals surface area contributed by atoms with Crippen LogP contribution in [0.15, 0.2) is 24.5 Å². The fraction of sp³-hybridized carbons (Fsp3) is 0.500. The van der Waals surface area contributed by atoms with Crippen LogP contribution in [0.4, 0.5) is 5.69 Å². The van der Waals surface area contributed by atoms with Gasteiger partial charge in [0.05, 0.1) is 24.8 Å². The van der Waals surface area contributed by atoms with E-state index in [1.165, 1.54) is 4.88 Å². The van der Waals surface area contributed by atoms with E-state index in [-0.39, 0.29) is 5.91 Å². The van der Waals surface area contributed by atoms with Crippen molar-refractivity contribution in [3.05, 3.63) is 34.3 Å². The second-order valence-electron chi connectivity index (χ2n) is 5.26. The van der Waals surface area contributed by atoms with E-state index in [1.54, 1.807) is 17.5 Å². The van der Waals surface area contributed by atoms with Gasteiger partial charge >= 0.3 is 0 Å². The van der Waals surface area contributed by atoms with Gasteiger partial charge in [0.15, 0.2) is 0 Å². The van der Waals surface area contributed by atoms with Crippen LogP contribution in [-0.4, -0.2) is 40.2 Å². The molecule has 0 saturated heterocycles. The van der Waals surface area contributed by atoms with Crippen LogP contribution in [0.5, 0.6) is 0 Å². The first kappa shape index (κ1) is 16.7. The molecule has 0 spiro atoms. The van der Waals surface area contributed by atoms with E-state index in [4.69, 9.17) is 0 Å². The normalized spacial score (nSPS) is 11.1. The van der Waals surface area contributed by atoms with Crippen molar-refractivity contribution >= 4 is 22.9 Å². The zero-order valence-electron chi connectivity index (χ0n) is 13.5. The van der Waals surface area contributed by atoms with E-state index >= 15 is 0 Å². The van der Waals surface area contributed by atoms with Gasteiger partial charge in [-0.05, 0) is 32.1 Å². The molecule has 6 heteroatoms. The molecule has 0 atom stereocenters. The summed E-state index contributed by atoms with van der Waals surface area (Å²) < 4.78 is 1.88. The molecule has 2 aromatic heterocycles. The topological polar surface area (TPSA) is 50.2 Å². The molecule has 0 fully saturated rings. The molecule has 0 radical (unpaired) electrons. The number of rotatable bonds is 8. The maximum atomic E-state index is 12.0. The van der Waals surface area contributed by atoms with Crippen LogP contribution in [-0.2, 0) is 17.8 Å². The Kier molecular flexibility index (Phi) is 6.15. The van der Waals surface area contributed by atoms with Crippen LogP contribution in [0, 0.1) is 6.92 Å². The first-order valence-electron chi connectivity index (χ1n) is 7.70. The van der Waals surface area contributed by atoms with Gasteiger partial charge in [0.2, 0.25) is 5.91 Å². The van der Waals surface area contributed by atoms with Crippen molar-refractivity contribution < 1.29 is 4.79 Å². The molecular formula is C16H24N4OS. The molecule has 1 N–H and O–H groups in total. The highest BCUT2D eigenvalue weighted by Gasteiger charge is 2.08. The van der Waals surface area contributed by atoms with Crippen molar-refractivity contribution in [1.82, 2.24) is 14.7 Å². The van der Waals surface area contributed by atoms with Gasteiger partial charge < -0.3 is 10.2 Å². The van der Waals surface area contributed by atoms with E-state index < -0.39 is 0 Å². The van der Waals surface area contributed by atoms with E-state index in [0.29, 0.717) is 6.42 Å². The molecule has 2 rings (SSSR count). The molecule has 0 aliphatic rings. The van der Waals surface area contributed by atoms with Crippen LogP contribution < -0.4 is 5.32 Å². The number of hydrogen-bond donors (Lipinski definition) is 1. The van der Waals surface area contributed by atoms with Gasteiger partial charge in [0.25, 0.3) is 0 Å². The lowest BCUT2D eigenvalue weighted by molar-refractivity contribution is -0.115. The Balaban J connectivity index is 1.82. The maximum Gasteiger partial charge on any atom is 0.229 e. The summed E-state index contributed by atoms with van der Waals surface area (Å²) in [6.45, 7) is 10.3. The Morgan fingerprint density at radius 3 is 2.77 bits per heavy atom. The van der Waals surface area contributed by atoms with Crippen LogP contribution in [0.1, 0.15) is 23.6 Å². The number of likely N-dealkylation sites (N-methyl/N-ethyl adjacent to an activating group) is 1. The monoisotopic (exact) mass is 320 g/mol. The maximum absolute atomic E-state index is 12.0. The van der Waals surface area contributed by atoms with Crippen molar-refractivity contribution in [3.8, 4) is 0 Å². The molecular weight excluding hydrogens is 296 g/mol. The molecule has 0 bridgehead atoms. The minimum atomic E-state index is 0.00476. The Hall–Kier alpha value is -1.66. The molecule has 2 heterocycles. The summed E-state index contributed by atoms with van der Waals surface area (Å²) in [6, 6.07) is 4.05. The minimum Gasteiger partial charge on any atom is -0.323 e. The average Bonchev–Trinajstić information content (AvgIpc) is 3.09. The third kappa shape index (κ3) is 4.96. The first-order valence-corrected chi connectivity index (χ1v) is 8.52. The molecule has 120 valence electrons. The summed E-state index contributed by atoms with van der Waals surface area (Å²) in [5.74, 6) is 0.00476. The number of hydrogen-bond acceptors (Lipinski definition) is 4. The second kappa shape index (κ2) is 8.10. The number of nitrogens with zero attached hydrogens (tertiary/aromatic N) is 3. The molecule has 5 nitrogen and oxygen atoms in total. The van der Waals surface area contributed by atoms with Gasteiger partial charge in [0.1, 0.15) is 0 Å². The number of anilines is 1. The quantitative estimate of drug-likeness (QED) is 0.814. The molecule has 0 aliphatic carbocycles. The zero-order valence-corrected chi connectivity index (χ0v) is 14.3. The van der Waals surface area contributed by atoms with Gasteiger partial charge in [-0.25, -0.2) is 0 Å². The minimum absolute atomic E-state index is 0.00476. The molecule has 2 aromatic rings. The standard InChI is InChI=1S/C16H24N4OS/c1-4-19(5-2)8-9-20-12-14(11-17-20)18-16(21)10-15-7-6-13(3)22-15/h6-7,11-12H,4-5,8-10H2,1-3H3,(H,18,21). The van der Waals surface area contributed by atoms with Gasteiger partial charge in [-0.2, -0.15) is 5.10 Å². The molecule has 1 amide bonds. The lowest BCUT2D eigenvalue weighted by Crippen LogP contribution is -2.27. The highest BCUT2D eigenvalue weighted by Crippen LogP contribution is 2.16. The Morgan fingerprint density at radius 2 is 2.14 bits per heavy atom. The van der Waals surface area contributed by atoms with Crippen LogP contribution in [0.25, 0.3) is 0 Å². The predicted octanol–water partition coefficient (Wildman–Crippen LogP) is 2.78. The van der Waals surface area contributed by atoms with Crippen LogP contribution >= 0.6 is 11.3 Å². The van der Waals surface area contributed by atoms with Crippen molar-refractivity contribution in [2.45, 2.75) is 33.7 Å². The summed E-state index contributed by atoms with van der Waals surface area (Å²) in [5.41, 5.74) is 0.762. The molecule has 0 aliphatic heterocycles. The Bertz CT molecular complexity index is 601. The van der Waals surface area contributed by atoms with E-state index in [2.05, 4.69) is 29.2 Å². The van der Waals surface area contributed by atoms with Crippen molar-refractivity contribution in [2.75, 3.05) is 25.0 Å². The number of amides is 1. The molecule has 22 heavy (non-hydrogen) atoms. The smallest absolute Gasteiger partial charge is 0.229 e. The van der Waals surface area contributed by atoms with E-state index in [0.717, 1.165) is 36.7 Å². The fourth-order valence-electron chi connectivity index (χ4n) is 2.28. The van der Waals surface area contributed by atoms with Gasteiger partial charge in [0, 0.05) is 22.5 Å². The third-order valence-electron chi connectivity index (χ3n) is 3.59. The third-order valence-corrected chi connectivity index (χ3v) is 4.59. The number of aromatic nitrogens is 2. The lowest BCUT2D eigenvalue weighted by Gasteiger charge is -2.17. The molecule has 0 aromatic carbocycles. The zero-order chi connectivity index (χ0) is 15.9. The molecule has 0 saturated carbocycles. The van der Waals surface area contributed by atoms with Gasteiger partial charge in [-0.15, -0.1) is 11.3 Å². The number of thiophene rings is 1.